The number of nitrogen functional groups attached to an aromatic ring is 1. The molecule has 2 aromatic carbocycles. The maximum atomic E-state index is 13.0. The van der Waals surface area contributed by atoms with Gasteiger partial charge >= 0.3 is 0 Å². The highest BCUT2D eigenvalue weighted by atomic mass is 32.2. The highest BCUT2D eigenvalue weighted by Crippen LogP contribution is 2.24. The van der Waals surface area contributed by atoms with Crippen LogP contribution < -0.4 is 5.73 Å². The van der Waals surface area contributed by atoms with Gasteiger partial charge < -0.3 is 5.73 Å². The number of anilines is 1. The van der Waals surface area contributed by atoms with Crippen LogP contribution in [0.2, 0.25) is 0 Å². The standard InChI is InChI=1S/C15H16FNO2S/c1-10-3-4-12(7-11(10)2)9-20(18,19)15-6-5-13(16)8-14(15)17/h3-8H,9,17H2,1-2H3. The van der Waals surface area contributed by atoms with Gasteiger partial charge in [0.15, 0.2) is 9.84 Å². The first-order valence-corrected chi connectivity index (χ1v) is 7.79. The molecule has 3 nitrogen and oxygen atoms in total. The van der Waals surface area contributed by atoms with Crippen LogP contribution in [-0.4, -0.2) is 8.42 Å². The van der Waals surface area contributed by atoms with Gasteiger partial charge in [-0.05, 0) is 48.7 Å². The van der Waals surface area contributed by atoms with Crippen LogP contribution in [0.15, 0.2) is 41.3 Å². The smallest absolute Gasteiger partial charge is 0.184 e. The molecule has 2 aromatic rings. The number of rotatable bonds is 3. The van der Waals surface area contributed by atoms with E-state index >= 15 is 0 Å². The molecule has 2 rings (SSSR count). The van der Waals surface area contributed by atoms with E-state index in [9.17, 15) is 12.8 Å². The topological polar surface area (TPSA) is 60.2 Å². The summed E-state index contributed by atoms with van der Waals surface area (Å²) in [6, 6.07) is 8.83. The van der Waals surface area contributed by atoms with E-state index in [1.165, 1.54) is 6.07 Å². The summed E-state index contributed by atoms with van der Waals surface area (Å²) in [5, 5.41) is 0. The zero-order valence-corrected chi connectivity index (χ0v) is 12.2. The van der Waals surface area contributed by atoms with Gasteiger partial charge in [-0.3, -0.25) is 0 Å². The van der Waals surface area contributed by atoms with Crippen LogP contribution in [0.5, 0.6) is 0 Å². The predicted molar refractivity (Wildman–Crippen MR) is 77.6 cm³/mol. The molecule has 0 atom stereocenters. The third-order valence-electron chi connectivity index (χ3n) is 3.23. The van der Waals surface area contributed by atoms with Gasteiger partial charge in [-0.2, -0.15) is 0 Å². The molecule has 20 heavy (non-hydrogen) atoms. The van der Waals surface area contributed by atoms with Crippen molar-refractivity contribution in [2.75, 3.05) is 5.73 Å². The van der Waals surface area contributed by atoms with Crippen LogP contribution in [0.1, 0.15) is 16.7 Å². The van der Waals surface area contributed by atoms with Crippen molar-refractivity contribution in [3.05, 3.63) is 58.9 Å². The molecule has 2 N–H and O–H groups in total. The summed E-state index contributed by atoms with van der Waals surface area (Å²) in [7, 11) is -3.58. The number of nitrogens with two attached hydrogens (primary N) is 1. The summed E-state index contributed by atoms with van der Waals surface area (Å²) in [6.07, 6.45) is 0. The molecule has 0 saturated carbocycles. The number of hydrogen-bond acceptors (Lipinski definition) is 3. The van der Waals surface area contributed by atoms with E-state index in [-0.39, 0.29) is 16.3 Å². The second-order valence-corrected chi connectivity index (χ2v) is 6.82. The number of benzene rings is 2. The molecule has 0 fully saturated rings. The quantitative estimate of drug-likeness (QED) is 0.699. The Kier molecular flexibility index (Phi) is 3.81. The van der Waals surface area contributed by atoms with Gasteiger partial charge in [0.2, 0.25) is 0 Å². The molecular weight excluding hydrogens is 277 g/mol. The fraction of sp³-hybridized carbons (Fsp3) is 0.200. The Morgan fingerprint density at radius 1 is 1.05 bits per heavy atom. The second-order valence-electron chi connectivity index (χ2n) is 4.86. The van der Waals surface area contributed by atoms with Crippen LogP contribution in [0.25, 0.3) is 0 Å². The van der Waals surface area contributed by atoms with Crippen LogP contribution in [0.4, 0.5) is 10.1 Å². The Morgan fingerprint density at radius 3 is 2.35 bits per heavy atom. The SMILES string of the molecule is Cc1ccc(CS(=O)(=O)c2ccc(F)cc2N)cc1C. The highest BCUT2D eigenvalue weighted by Gasteiger charge is 2.19. The fourth-order valence-corrected chi connectivity index (χ4v) is 3.46. The largest absolute Gasteiger partial charge is 0.398 e. The average molecular weight is 293 g/mol. The van der Waals surface area contributed by atoms with Gasteiger partial charge in [-0.25, -0.2) is 12.8 Å². The fourth-order valence-electron chi connectivity index (χ4n) is 1.99. The molecule has 0 heterocycles. The third kappa shape index (κ3) is 2.99. The summed E-state index contributed by atoms with van der Waals surface area (Å²) in [4.78, 5) is -0.0304. The molecule has 0 aromatic heterocycles. The molecule has 106 valence electrons. The van der Waals surface area contributed by atoms with Crippen LogP contribution in [0.3, 0.4) is 0 Å². The monoisotopic (exact) mass is 293 g/mol. The first-order chi connectivity index (χ1) is 9.29. The number of aryl methyl sites for hydroxylation is 2. The Morgan fingerprint density at radius 2 is 1.75 bits per heavy atom. The minimum absolute atomic E-state index is 0.0304. The van der Waals surface area contributed by atoms with E-state index < -0.39 is 15.7 Å². The third-order valence-corrected chi connectivity index (χ3v) is 4.99. The van der Waals surface area contributed by atoms with Gasteiger partial charge in [0, 0.05) is 0 Å². The average Bonchev–Trinajstić information content (AvgIpc) is 2.33. The first-order valence-electron chi connectivity index (χ1n) is 6.13. The molecule has 0 aliphatic heterocycles. The predicted octanol–water partition coefficient (Wildman–Crippen LogP) is 3.00. The minimum Gasteiger partial charge on any atom is -0.398 e. The number of sulfone groups is 1. The zero-order chi connectivity index (χ0) is 14.9. The maximum absolute atomic E-state index is 13.0. The molecule has 0 saturated heterocycles. The normalized spacial score (nSPS) is 11.6. The van der Waals surface area contributed by atoms with E-state index in [1.54, 1.807) is 6.07 Å². The lowest BCUT2D eigenvalue weighted by Crippen LogP contribution is -2.08. The summed E-state index contributed by atoms with van der Waals surface area (Å²) < 4.78 is 37.6. The Bertz CT molecular complexity index is 754. The lowest BCUT2D eigenvalue weighted by Gasteiger charge is -2.09. The van der Waals surface area contributed by atoms with Crippen molar-refractivity contribution in [1.82, 2.24) is 0 Å². The number of halogens is 1. The zero-order valence-electron chi connectivity index (χ0n) is 11.4. The van der Waals surface area contributed by atoms with Crippen molar-refractivity contribution >= 4 is 15.5 Å². The summed E-state index contributed by atoms with van der Waals surface area (Å²) >= 11 is 0. The Balaban J connectivity index is 2.38. The summed E-state index contributed by atoms with van der Waals surface area (Å²) in [5.74, 6) is -0.697. The van der Waals surface area contributed by atoms with Gasteiger partial charge in [-0.15, -0.1) is 0 Å². The van der Waals surface area contributed by atoms with Gasteiger partial charge in [0.1, 0.15) is 5.82 Å². The highest BCUT2D eigenvalue weighted by molar-refractivity contribution is 7.90. The second kappa shape index (κ2) is 5.25. The van der Waals surface area contributed by atoms with Crippen molar-refractivity contribution in [1.29, 1.82) is 0 Å². The van der Waals surface area contributed by atoms with E-state index in [1.807, 2.05) is 26.0 Å². The lowest BCUT2D eigenvalue weighted by atomic mass is 10.1. The first kappa shape index (κ1) is 14.5. The van der Waals surface area contributed by atoms with Crippen LogP contribution >= 0.6 is 0 Å². The van der Waals surface area contributed by atoms with Gasteiger partial charge in [-0.1, -0.05) is 18.2 Å². The number of hydrogen-bond donors (Lipinski definition) is 1. The van der Waals surface area contributed by atoms with Crippen LogP contribution in [0, 0.1) is 19.7 Å². The molecular formula is C15H16FNO2S. The van der Waals surface area contributed by atoms with Gasteiger partial charge in [0.05, 0.1) is 16.3 Å². The summed E-state index contributed by atoms with van der Waals surface area (Å²) in [5.41, 5.74) is 8.36. The van der Waals surface area contributed by atoms with Crippen molar-refractivity contribution in [3.63, 3.8) is 0 Å². The minimum atomic E-state index is -3.58. The molecule has 0 aliphatic rings. The molecule has 0 unspecified atom stereocenters. The van der Waals surface area contributed by atoms with E-state index in [0.29, 0.717) is 5.56 Å². The van der Waals surface area contributed by atoms with Crippen molar-refractivity contribution in [2.45, 2.75) is 24.5 Å². The Hall–Kier alpha value is -1.88. The molecule has 0 spiro atoms. The van der Waals surface area contributed by atoms with Crippen molar-refractivity contribution in [2.24, 2.45) is 0 Å². The van der Waals surface area contributed by atoms with Crippen molar-refractivity contribution < 1.29 is 12.8 Å². The van der Waals surface area contributed by atoms with Gasteiger partial charge in [0.25, 0.3) is 0 Å². The Labute approximate surface area is 118 Å². The van der Waals surface area contributed by atoms with Crippen LogP contribution in [-0.2, 0) is 15.6 Å². The lowest BCUT2D eigenvalue weighted by molar-refractivity contribution is 0.594. The maximum Gasteiger partial charge on any atom is 0.184 e. The molecule has 0 radical (unpaired) electrons. The van der Waals surface area contributed by atoms with E-state index in [4.69, 9.17) is 5.73 Å². The van der Waals surface area contributed by atoms with E-state index in [2.05, 4.69) is 0 Å². The van der Waals surface area contributed by atoms with Crippen molar-refractivity contribution in [3.8, 4) is 0 Å². The molecule has 0 amide bonds. The van der Waals surface area contributed by atoms with E-state index in [0.717, 1.165) is 23.3 Å². The summed E-state index contributed by atoms with van der Waals surface area (Å²) in [6.45, 7) is 3.89. The molecule has 0 bridgehead atoms. The molecule has 0 aliphatic carbocycles. The molecule has 5 heteroatoms.